The number of nitrogens with zero attached hydrogens (tertiary/aromatic N) is 3. The third kappa shape index (κ3) is 1.90. The van der Waals surface area contributed by atoms with Crippen LogP contribution < -0.4 is 0 Å². The summed E-state index contributed by atoms with van der Waals surface area (Å²) in [7, 11) is 0. The third-order valence-electron chi connectivity index (χ3n) is 3.55. The summed E-state index contributed by atoms with van der Waals surface area (Å²) in [5, 5.41) is 18.8. The summed E-state index contributed by atoms with van der Waals surface area (Å²) in [6, 6.07) is 15.1. The Bertz CT molecular complexity index is 755. The Morgan fingerprint density at radius 3 is 2.60 bits per heavy atom. The molecule has 0 amide bonds. The van der Waals surface area contributed by atoms with E-state index in [0.717, 1.165) is 16.7 Å². The molecular weight excluding hydrogens is 270 g/mol. The lowest BCUT2D eigenvalue weighted by atomic mass is 9.97. The van der Waals surface area contributed by atoms with Gasteiger partial charge in [-0.1, -0.05) is 41.9 Å². The van der Waals surface area contributed by atoms with Gasteiger partial charge >= 0.3 is 0 Å². The summed E-state index contributed by atoms with van der Waals surface area (Å²) in [5.41, 5.74) is 3.62. The van der Waals surface area contributed by atoms with Crippen molar-refractivity contribution in [3.8, 4) is 12.3 Å². The summed E-state index contributed by atoms with van der Waals surface area (Å²) in [5.74, 6) is 0. The predicted molar refractivity (Wildman–Crippen MR) is 75.6 cm³/mol. The molecule has 4 heteroatoms. The van der Waals surface area contributed by atoms with Crippen LogP contribution in [0, 0.1) is 22.8 Å². The molecule has 0 N–H and O–H groups in total. The highest BCUT2D eigenvalue weighted by Gasteiger charge is 2.31. The molecule has 20 heavy (non-hydrogen) atoms. The van der Waals surface area contributed by atoms with Gasteiger partial charge in [0.15, 0.2) is 6.19 Å². The lowest BCUT2D eigenvalue weighted by molar-refractivity contribution is 0.362. The van der Waals surface area contributed by atoms with Gasteiger partial charge in [-0.15, -0.1) is 0 Å². The summed E-state index contributed by atoms with van der Waals surface area (Å²) >= 11 is 6.29. The lowest BCUT2D eigenvalue weighted by Crippen LogP contribution is -2.17. The van der Waals surface area contributed by atoms with Crippen LogP contribution in [0.3, 0.4) is 0 Å². The molecule has 1 atom stereocenters. The predicted octanol–water partition coefficient (Wildman–Crippen LogP) is 3.60. The van der Waals surface area contributed by atoms with E-state index in [4.69, 9.17) is 16.9 Å². The number of benzene rings is 2. The molecule has 0 bridgehead atoms. The number of hydrogen-bond donors (Lipinski definition) is 0. The van der Waals surface area contributed by atoms with Crippen molar-refractivity contribution in [2.24, 2.45) is 0 Å². The molecule has 0 spiro atoms. The highest BCUT2D eigenvalue weighted by Crippen LogP contribution is 2.40. The fourth-order valence-electron chi connectivity index (χ4n) is 2.63. The van der Waals surface area contributed by atoms with Crippen LogP contribution in [-0.2, 0) is 6.54 Å². The smallest absolute Gasteiger partial charge is 0.180 e. The molecule has 2 aromatic rings. The Morgan fingerprint density at radius 1 is 1.10 bits per heavy atom. The third-order valence-corrected chi connectivity index (χ3v) is 3.88. The summed E-state index contributed by atoms with van der Waals surface area (Å²) in [6.07, 6.45) is 2.22. The first-order chi connectivity index (χ1) is 9.74. The Labute approximate surface area is 122 Å². The maximum absolute atomic E-state index is 9.34. The fraction of sp³-hybridized carbons (Fsp3) is 0.125. The first-order valence-electron chi connectivity index (χ1n) is 6.18. The van der Waals surface area contributed by atoms with E-state index in [9.17, 15) is 5.26 Å². The quantitative estimate of drug-likeness (QED) is 0.750. The van der Waals surface area contributed by atoms with Crippen molar-refractivity contribution in [1.82, 2.24) is 4.90 Å². The Hall–Kier alpha value is -2.49. The van der Waals surface area contributed by atoms with Crippen molar-refractivity contribution in [2.45, 2.75) is 12.6 Å². The van der Waals surface area contributed by atoms with Gasteiger partial charge in [-0.25, -0.2) is 0 Å². The van der Waals surface area contributed by atoms with Gasteiger partial charge < -0.3 is 0 Å². The van der Waals surface area contributed by atoms with E-state index in [0.29, 0.717) is 17.1 Å². The largest absolute Gasteiger partial charge is 0.294 e. The molecule has 0 aromatic heterocycles. The minimum absolute atomic E-state index is 0.170. The van der Waals surface area contributed by atoms with Gasteiger partial charge in [-0.2, -0.15) is 10.5 Å². The summed E-state index contributed by atoms with van der Waals surface area (Å²) in [6.45, 7) is 0.591. The number of nitriles is 2. The second-order valence-electron chi connectivity index (χ2n) is 4.68. The van der Waals surface area contributed by atoms with Gasteiger partial charge in [-0.3, -0.25) is 4.90 Å². The Kier molecular flexibility index (Phi) is 3.06. The second-order valence-corrected chi connectivity index (χ2v) is 5.08. The maximum atomic E-state index is 9.34. The van der Waals surface area contributed by atoms with E-state index in [1.54, 1.807) is 17.0 Å². The summed E-state index contributed by atoms with van der Waals surface area (Å²) < 4.78 is 0. The van der Waals surface area contributed by atoms with E-state index in [1.807, 2.05) is 30.3 Å². The normalized spacial score (nSPS) is 16.4. The van der Waals surface area contributed by atoms with Gasteiger partial charge in [-0.05, 0) is 28.8 Å². The molecule has 96 valence electrons. The highest BCUT2D eigenvalue weighted by atomic mass is 35.5. The molecule has 3 rings (SSSR count). The minimum Gasteiger partial charge on any atom is -0.294 e. The van der Waals surface area contributed by atoms with Crippen LogP contribution in [0.25, 0.3) is 0 Å². The van der Waals surface area contributed by atoms with Crippen molar-refractivity contribution in [2.75, 3.05) is 0 Å². The SMILES string of the molecule is N#Cc1ccc(C2c3ccccc3CN2C#N)c(Cl)c1. The van der Waals surface area contributed by atoms with E-state index in [2.05, 4.69) is 12.3 Å². The van der Waals surface area contributed by atoms with Crippen molar-refractivity contribution >= 4 is 11.6 Å². The molecule has 0 radical (unpaired) electrons. The fourth-order valence-corrected chi connectivity index (χ4v) is 2.92. The lowest BCUT2D eigenvalue weighted by Gasteiger charge is -2.21. The Morgan fingerprint density at radius 2 is 1.90 bits per heavy atom. The van der Waals surface area contributed by atoms with Crippen LogP contribution in [-0.4, -0.2) is 4.90 Å². The maximum Gasteiger partial charge on any atom is 0.180 e. The van der Waals surface area contributed by atoms with Gasteiger partial charge in [0, 0.05) is 5.02 Å². The van der Waals surface area contributed by atoms with Crippen LogP contribution in [0.4, 0.5) is 0 Å². The average molecular weight is 280 g/mol. The first kappa shape index (κ1) is 12.5. The van der Waals surface area contributed by atoms with Gasteiger partial charge in [0.2, 0.25) is 0 Å². The molecule has 0 aliphatic carbocycles. The zero-order valence-corrected chi connectivity index (χ0v) is 11.3. The minimum atomic E-state index is -0.170. The van der Waals surface area contributed by atoms with Crippen LogP contribution in [0.1, 0.15) is 28.3 Å². The molecule has 0 saturated heterocycles. The van der Waals surface area contributed by atoms with Crippen LogP contribution in [0.15, 0.2) is 42.5 Å². The molecular formula is C16H10ClN3. The van der Waals surface area contributed by atoms with Crippen molar-refractivity contribution in [3.63, 3.8) is 0 Å². The molecule has 1 unspecified atom stereocenters. The average Bonchev–Trinajstić information content (AvgIpc) is 2.85. The van der Waals surface area contributed by atoms with E-state index >= 15 is 0 Å². The van der Waals surface area contributed by atoms with Crippen LogP contribution in [0.2, 0.25) is 5.02 Å². The number of halogens is 1. The Balaban J connectivity index is 2.14. The molecule has 1 aliphatic heterocycles. The zero-order chi connectivity index (χ0) is 14.1. The molecule has 1 aliphatic rings. The zero-order valence-electron chi connectivity index (χ0n) is 10.5. The topological polar surface area (TPSA) is 50.8 Å². The van der Waals surface area contributed by atoms with E-state index in [-0.39, 0.29) is 6.04 Å². The van der Waals surface area contributed by atoms with E-state index in [1.165, 1.54) is 0 Å². The molecule has 1 heterocycles. The number of fused-ring (bicyclic) bond motifs is 1. The van der Waals surface area contributed by atoms with Crippen molar-refractivity contribution in [1.29, 1.82) is 10.5 Å². The van der Waals surface area contributed by atoms with E-state index < -0.39 is 0 Å². The van der Waals surface area contributed by atoms with Gasteiger partial charge in [0.25, 0.3) is 0 Å². The molecule has 3 nitrogen and oxygen atoms in total. The first-order valence-corrected chi connectivity index (χ1v) is 6.56. The molecule has 0 fully saturated rings. The highest BCUT2D eigenvalue weighted by molar-refractivity contribution is 6.31. The standard InChI is InChI=1S/C16H10ClN3/c17-15-7-11(8-18)5-6-14(15)16-13-4-2-1-3-12(13)9-20(16)10-19/h1-7,16H,9H2. The number of rotatable bonds is 1. The number of hydrogen-bond acceptors (Lipinski definition) is 3. The van der Waals surface area contributed by atoms with Gasteiger partial charge in [0.1, 0.15) is 0 Å². The van der Waals surface area contributed by atoms with Crippen molar-refractivity contribution < 1.29 is 0 Å². The van der Waals surface area contributed by atoms with Crippen LogP contribution in [0.5, 0.6) is 0 Å². The monoisotopic (exact) mass is 279 g/mol. The van der Waals surface area contributed by atoms with Crippen molar-refractivity contribution in [3.05, 3.63) is 69.7 Å². The summed E-state index contributed by atoms with van der Waals surface area (Å²) in [4.78, 5) is 1.71. The second kappa shape index (κ2) is 4.89. The molecule has 2 aromatic carbocycles. The van der Waals surface area contributed by atoms with Crippen LogP contribution >= 0.6 is 11.6 Å². The van der Waals surface area contributed by atoms with Gasteiger partial charge in [0.05, 0.1) is 24.2 Å². The molecule has 0 saturated carbocycles.